The van der Waals surface area contributed by atoms with Crippen molar-refractivity contribution in [2.45, 2.75) is 19.5 Å². The summed E-state index contributed by atoms with van der Waals surface area (Å²) in [7, 11) is 0. The predicted octanol–water partition coefficient (Wildman–Crippen LogP) is 0.922. The maximum Gasteiger partial charge on any atom is 0.310 e. The van der Waals surface area contributed by atoms with Crippen LogP contribution in [0, 0.1) is 0 Å². The molecule has 0 aliphatic carbocycles. The number of likely N-dealkylation sites (N-methyl/N-ethyl adjacent to an activating group) is 1. The molecule has 1 aliphatic heterocycles. The second-order valence-corrected chi connectivity index (χ2v) is 5.55. The molecular weight excluding hydrogens is 320 g/mol. The number of amides is 3. The van der Waals surface area contributed by atoms with Crippen molar-refractivity contribution < 1.29 is 14.4 Å². The fourth-order valence-electron chi connectivity index (χ4n) is 2.80. The molecule has 3 rings (SSSR count). The Kier molecular flexibility index (Phi) is 4.74. The molecule has 1 aromatic carbocycles. The van der Waals surface area contributed by atoms with E-state index < -0.39 is 17.9 Å². The van der Waals surface area contributed by atoms with Crippen LogP contribution in [0.4, 0.5) is 5.69 Å². The molecule has 0 saturated carbocycles. The van der Waals surface area contributed by atoms with Gasteiger partial charge in [-0.05, 0) is 25.1 Å². The van der Waals surface area contributed by atoms with Crippen LogP contribution in [0.2, 0.25) is 0 Å². The molecule has 7 heteroatoms. The van der Waals surface area contributed by atoms with Crippen LogP contribution in [0.15, 0.2) is 48.7 Å². The summed E-state index contributed by atoms with van der Waals surface area (Å²) < 4.78 is 0. The smallest absolute Gasteiger partial charge is 0.310 e. The fraction of sp³-hybridized carbons (Fsp3) is 0.222. The van der Waals surface area contributed by atoms with Gasteiger partial charge in [-0.1, -0.05) is 24.3 Å². The minimum atomic E-state index is -0.845. The van der Waals surface area contributed by atoms with Crippen LogP contribution in [0.3, 0.4) is 0 Å². The Hall–Kier alpha value is -3.22. The van der Waals surface area contributed by atoms with Crippen molar-refractivity contribution in [1.82, 2.24) is 15.6 Å². The Morgan fingerprint density at radius 1 is 1.12 bits per heavy atom. The van der Waals surface area contributed by atoms with Crippen LogP contribution in [0.5, 0.6) is 0 Å². The summed E-state index contributed by atoms with van der Waals surface area (Å²) in [6.07, 6.45) is 1.61. The van der Waals surface area contributed by atoms with Gasteiger partial charge in [-0.2, -0.15) is 0 Å². The van der Waals surface area contributed by atoms with Crippen molar-refractivity contribution >= 4 is 23.4 Å². The van der Waals surface area contributed by atoms with Gasteiger partial charge < -0.3 is 15.5 Å². The molecule has 2 N–H and O–H groups in total. The van der Waals surface area contributed by atoms with Gasteiger partial charge in [-0.25, -0.2) is 0 Å². The molecule has 1 aliphatic rings. The first-order chi connectivity index (χ1) is 12.1. The number of para-hydroxylation sites is 1. The van der Waals surface area contributed by atoms with Crippen LogP contribution in [0.25, 0.3) is 0 Å². The van der Waals surface area contributed by atoms with Gasteiger partial charge in [0, 0.05) is 24.0 Å². The SMILES string of the molecule is CCN1C(=O)[C@@H](NC(=O)C(=O)NCc2ccccn2)c2ccccc21. The summed E-state index contributed by atoms with van der Waals surface area (Å²) >= 11 is 0. The predicted molar refractivity (Wildman–Crippen MR) is 91.4 cm³/mol. The van der Waals surface area contributed by atoms with Gasteiger partial charge >= 0.3 is 11.8 Å². The number of pyridine rings is 1. The standard InChI is InChI=1S/C18H18N4O3/c1-2-22-14-9-4-3-8-13(14)15(18(22)25)21-17(24)16(23)20-11-12-7-5-6-10-19-12/h3-10,15H,2,11H2,1H3,(H,20,23)(H,21,24)/t15-/m0/s1. The van der Waals surface area contributed by atoms with Crippen molar-refractivity contribution in [3.63, 3.8) is 0 Å². The summed E-state index contributed by atoms with van der Waals surface area (Å²) in [6, 6.07) is 11.7. The zero-order valence-electron chi connectivity index (χ0n) is 13.7. The third-order valence-electron chi connectivity index (χ3n) is 4.01. The van der Waals surface area contributed by atoms with Crippen LogP contribution in [-0.2, 0) is 20.9 Å². The summed E-state index contributed by atoms with van der Waals surface area (Å²) in [6.45, 7) is 2.50. The first-order valence-corrected chi connectivity index (χ1v) is 8.00. The Labute approximate surface area is 145 Å². The zero-order chi connectivity index (χ0) is 17.8. The first kappa shape index (κ1) is 16.6. The molecule has 0 fully saturated rings. The number of benzene rings is 1. The largest absolute Gasteiger partial charge is 0.342 e. The lowest BCUT2D eigenvalue weighted by Crippen LogP contribution is -2.44. The lowest BCUT2D eigenvalue weighted by Gasteiger charge is -2.15. The monoisotopic (exact) mass is 338 g/mol. The van der Waals surface area contributed by atoms with Gasteiger partial charge in [0.1, 0.15) is 6.04 Å². The van der Waals surface area contributed by atoms with Crippen molar-refractivity contribution in [2.24, 2.45) is 0 Å². The molecule has 1 atom stereocenters. The number of hydrogen-bond acceptors (Lipinski definition) is 4. The first-order valence-electron chi connectivity index (χ1n) is 8.00. The number of nitrogens with zero attached hydrogens (tertiary/aromatic N) is 2. The number of carbonyl (C=O) groups excluding carboxylic acids is 3. The number of fused-ring (bicyclic) bond motifs is 1. The molecule has 0 unspecified atom stereocenters. The van der Waals surface area contributed by atoms with E-state index in [1.54, 1.807) is 41.4 Å². The summed E-state index contributed by atoms with van der Waals surface area (Å²) in [5, 5.41) is 5.02. The average molecular weight is 338 g/mol. The normalized spacial score (nSPS) is 15.6. The highest BCUT2D eigenvalue weighted by Crippen LogP contribution is 2.35. The summed E-state index contributed by atoms with van der Waals surface area (Å²) in [5.74, 6) is -1.89. The molecule has 128 valence electrons. The zero-order valence-corrected chi connectivity index (χ0v) is 13.7. The summed E-state index contributed by atoms with van der Waals surface area (Å²) in [4.78, 5) is 42.3. The minimum absolute atomic E-state index is 0.142. The average Bonchev–Trinajstić information content (AvgIpc) is 2.91. The van der Waals surface area contributed by atoms with Crippen molar-refractivity contribution in [2.75, 3.05) is 11.4 Å². The highest BCUT2D eigenvalue weighted by Gasteiger charge is 2.37. The van der Waals surface area contributed by atoms with E-state index in [9.17, 15) is 14.4 Å². The van der Waals surface area contributed by atoms with Crippen molar-refractivity contribution in [3.8, 4) is 0 Å². The number of hydrogen-bond donors (Lipinski definition) is 2. The lowest BCUT2D eigenvalue weighted by atomic mass is 10.1. The second-order valence-electron chi connectivity index (χ2n) is 5.55. The third-order valence-corrected chi connectivity index (χ3v) is 4.01. The molecular formula is C18H18N4O3. The molecule has 2 heterocycles. The summed E-state index contributed by atoms with van der Waals surface area (Å²) in [5.41, 5.74) is 2.09. The molecule has 0 spiro atoms. The third kappa shape index (κ3) is 3.35. The fourth-order valence-corrected chi connectivity index (χ4v) is 2.80. The van der Waals surface area contributed by atoms with E-state index >= 15 is 0 Å². The number of carbonyl (C=O) groups is 3. The van der Waals surface area contributed by atoms with E-state index in [-0.39, 0.29) is 12.5 Å². The molecule has 3 amide bonds. The number of rotatable bonds is 4. The van der Waals surface area contributed by atoms with Crippen molar-refractivity contribution in [3.05, 3.63) is 59.9 Å². The van der Waals surface area contributed by atoms with E-state index in [0.29, 0.717) is 17.8 Å². The topological polar surface area (TPSA) is 91.4 Å². The van der Waals surface area contributed by atoms with Crippen LogP contribution in [-0.4, -0.2) is 29.3 Å². The van der Waals surface area contributed by atoms with E-state index in [0.717, 1.165) is 5.69 Å². The van der Waals surface area contributed by atoms with E-state index in [4.69, 9.17) is 0 Å². The van der Waals surface area contributed by atoms with Gasteiger partial charge in [0.05, 0.1) is 12.2 Å². The second kappa shape index (κ2) is 7.12. The van der Waals surface area contributed by atoms with E-state index in [1.807, 2.05) is 19.1 Å². The molecule has 1 aromatic heterocycles. The molecule has 2 aromatic rings. The quantitative estimate of drug-likeness (QED) is 0.811. The maximum absolute atomic E-state index is 12.5. The van der Waals surface area contributed by atoms with Gasteiger partial charge in [0.15, 0.2) is 0 Å². The molecule has 0 bridgehead atoms. The van der Waals surface area contributed by atoms with Crippen molar-refractivity contribution in [1.29, 1.82) is 0 Å². The highest BCUT2D eigenvalue weighted by molar-refractivity contribution is 6.35. The lowest BCUT2D eigenvalue weighted by molar-refractivity contribution is -0.140. The van der Waals surface area contributed by atoms with Gasteiger partial charge in [-0.3, -0.25) is 19.4 Å². The number of aromatic nitrogens is 1. The minimum Gasteiger partial charge on any atom is -0.342 e. The van der Waals surface area contributed by atoms with E-state index in [1.165, 1.54) is 0 Å². The molecule has 25 heavy (non-hydrogen) atoms. The Morgan fingerprint density at radius 2 is 1.88 bits per heavy atom. The Morgan fingerprint density at radius 3 is 2.60 bits per heavy atom. The molecule has 0 saturated heterocycles. The van der Waals surface area contributed by atoms with Crippen LogP contribution in [0.1, 0.15) is 24.2 Å². The van der Waals surface area contributed by atoms with Gasteiger partial charge in [0.2, 0.25) is 0 Å². The molecule has 0 radical (unpaired) electrons. The van der Waals surface area contributed by atoms with E-state index in [2.05, 4.69) is 15.6 Å². The number of anilines is 1. The maximum atomic E-state index is 12.5. The molecule has 7 nitrogen and oxygen atoms in total. The van der Waals surface area contributed by atoms with Gasteiger partial charge in [0.25, 0.3) is 5.91 Å². The Bertz CT molecular complexity index is 807. The highest BCUT2D eigenvalue weighted by atomic mass is 16.2. The Balaban J connectivity index is 1.66. The van der Waals surface area contributed by atoms with Crippen LogP contribution >= 0.6 is 0 Å². The number of nitrogens with one attached hydrogen (secondary N) is 2. The van der Waals surface area contributed by atoms with Crippen LogP contribution < -0.4 is 15.5 Å². The van der Waals surface area contributed by atoms with Gasteiger partial charge in [-0.15, -0.1) is 0 Å².